The van der Waals surface area contributed by atoms with Gasteiger partial charge in [0.1, 0.15) is 0 Å². The number of benzene rings is 1. The molecule has 0 unspecified atom stereocenters. The van der Waals surface area contributed by atoms with E-state index in [1.807, 2.05) is 11.8 Å². The third-order valence-electron chi connectivity index (χ3n) is 1.61. The van der Waals surface area contributed by atoms with Crippen molar-refractivity contribution in [3.05, 3.63) is 29.8 Å². The first-order valence-electron chi connectivity index (χ1n) is 4.47. The van der Waals surface area contributed by atoms with Gasteiger partial charge in [-0.05, 0) is 17.7 Å². The smallest absolute Gasteiger partial charge is 0.0713 e. The number of rotatable bonds is 4. The van der Waals surface area contributed by atoms with Crippen molar-refractivity contribution < 1.29 is 4.74 Å². The molecular formula is C11H16OS. The first kappa shape index (κ1) is 10.6. The normalized spacial score (nSPS) is 10.8. The van der Waals surface area contributed by atoms with E-state index in [2.05, 4.69) is 38.1 Å². The standard InChI is InChI=1S/C11H16OS/c1-9(2)13-11-6-4-10(5-7-11)8-12-3/h4-7,9H,8H2,1-3H3. The zero-order chi connectivity index (χ0) is 9.68. The summed E-state index contributed by atoms with van der Waals surface area (Å²) in [4.78, 5) is 1.33. The fourth-order valence-electron chi connectivity index (χ4n) is 1.10. The van der Waals surface area contributed by atoms with Gasteiger partial charge in [0.25, 0.3) is 0 Å². The van der Waals surface area contributed by atoms with Gasteiger partial charge < -0.3 is 4.74 Å². The monoisotopic (exact) mass is 196 g/mol. The van der Waals surface area contributed by atoms with Gasteiger partial charge in [-0.25, -0.2) is 0 Å². The lowest BCUT2D eigenvalue weighted by atomic mass is 10.2. The van der Waals surface area contributed by atoms with Crippen LogP contribution in [0.25, 0.3) is 0 Å². The van der Waals surface area contributed by atoms with Gasteiger partial charge in [-0.1, -0.05) is 26.0 Å². The molecule has 0 spiro atoms. The van der Waals surface area contributed by atoms with Crippen molar-refractivity contribution in [2.75, 3.05) is 7.11 Å². The van der Waals surface area contributed by atoms with Crippen LogP contribution >= 0.6 is 11.8 Å². The maximum absolute atomic E-state index is 5.04. The zero-order valence-electron chi connectivity index (χ0n) is 8.41. The molecule has 0 aliphatic heterocycles. The van der Waals surface area contributed by atoms with E-state index in [0.717, 1.165) is 0 Å². The molecule has 0 radical (unpaired) electrons. The summed E-state index contributed by atoms with van der Waals surface area (Å²) in [5, 5.41) is 0.647. The van der Waals surface area contributed by atoms with Crippen molar-refractivity contribution in [2.45, 2.75) is 30.6 Å². The molecule has 0 saturated heterocycles. The van der Waals surface area contributed by atoms with E-state index in [1.165, 1.54) is 10.5 Å². The molecule has 0 aliphatic rings. The fraction of sp³-hybridized carbons (Fsp3) is 0.455. The molecule has 0 heterocycles. The highest BCUT2D eigenvalue weighted by Crippen LogP contribution is 2.22. The number of methoxy groups -OCH3 is 1. The molecule has 1 nitrogen and oxygen atoms in total. The van der Waals surface area contributed by atoms with Crippen LogP contribution in [0.2, 0.25) is 0 Å². The minimum Gasteiger partial charge on any atom is -0.380 e. The Morgan fingerprint density at radius 2 is 1.85 bits per heavy atom. The summed E-state index contributed by atoms with van der Waals surface area (Å²) in [7, 11) is 1.72. The Morgan fingerprint density at radius 3 is 2.31 bits per heavy atom. The topological polar surface area (TPSA) is 9.23 Å². The van der Waals surface area contributed by atoms with Gasteiger partial charge in [-0.15, -0.1) is 11.8 Å². The van der Waals surface area contributed by atoms with Crippen LogP contribution in [0.5, 0.6) is 0 Å². The summed E-state index contributed by atoms with van der Waals surface area (Å²) < 4.78 is 5.04. The zero-order valence-corrected chi connectivity index (χ0v) is 9.23. The third kappa shape index (κ3) is 3.83. The lowest BCUT2D eigenvalue weighted by molar-refractivity contribution is 0.185. The van der Waals surface area contributed by atoms with Crippen molar-refractivity contribution in [1.29, 1.82) is 0 Å². The molecule has 0 saturated carbocycles. The van der Waals surface area contributed by atoms with Gasteiger partial charge in [0.05, 0.1) is 6.61 Å². The summed E-state index contributed by atoms with van der Waals surface area (Å²) in [6.45, 7) is 5.11. The Hall–Kier alpha value is -0.470. The van der Waals surface area contributed by atoms with Crippen LogP contribution in [0.15, 0.2) is 29.2 Å². The SMILES string of the molecule is COCc1ccc(SC(C)C)cc1. The predicted octanol–water partition coefficient (Wildman–Crippen LogP) is 3.33. The fourth-order valence-corrected chi connectivity index (χ4v) is 1.94. The second-order valence-corrected chi connectivity index (χ2v) is 4.89. The molecule has 0 amide bonds. The number of thioether (sulfide) groups is 1. The van der Waals surface area contributed by atoms with Crippen LogP contribution in [0.4, 0.5) is 0 Å². The van der Waals surface area contributed by atoms with E-state index in [4.69, 9.17) is 4.74 Å². The van der Waals surface area contributed by atoms with Crippen LogP contribution in [0.1, 0.15) is 19.4 Å². The maximum Gasteiger partial charge on any atom is 0.0713 e. The van der Waals surface area contributed by atoms with Crippen LogP contribution in [0, 0.1) is 0 Å². The molecule has 0 N–H and O–H groups in total. The van der Waals surface area contributed by atoms with E-state index < -0.39 is 0 Å². The van der Waals surface area contributed by atoms with E-state index in [1.54, 1.807) is 7.11 Å². The molecule has 0 aliphatic carbocycles. The highest BCUT2D eigenvalue weighted by atomic mass is 32.2. The highest BCUT2D eigenvalue weighted by Gasteiger charge is 1.97. The summed E-state index contributed by atoms with van der Waals surface area (Å²) in [6.07, 6.45) is 0. The van der Waals surface area contributed by atoms with Gasteiger partial charge in [0, 0.05) is 17.3 Å². The minimum atomic E-state index is 0.647. The highest BCUT2D eigenvalue weighted by molar-refractivity contribution is 7.99. The molecule has 0 atom stereocenters. The predicted molar refractivity (Wildman–Crippen MR) is 58.1 cm³/mol. The lowest BCUT2D eigenvalue weighted by Crippen LogP contribution is -1.88. The summed E-state index contributed by atoms with van der Waals surface area (Å²) >= 11 is 1.88. The molecular weight excluding hydrogens is 180 g/mol. The Labute approximate surface area is 84.5 Å². The Kier molecular flexibility index (Phi) is 4.33. The van der Waals surface area contributed by atoms with E-state index >= 15 is 0 Å². The Morgan fingerprint density at radius 1 is 1.23 bits per heavy atom. The van der Waals surface area contributed by atoms with Gasteiger partial charge in [-0.2, -0.15) is 0 Å². The summed E-state index contributed by atoms with van der Waals surface area (Å²) in [5.41, 5.74) is 1.23. The molecule has 0 fully saturated rings. The van der Waals surface area contributed by atoms with Crippen LogP contribution in [-0.4, -0.2) is 12.4 Å². The van der Waals surface area contributed by atoms with Crippen LogP contribution < -0.4 is 0 Å². The van der Waals surface area contributed by atoms with E-state index in [0.29, 0.717) is 11.9 Å². The van der Waals surface area contributed by atoms with Gasteiger partial charge in [0.15, 0.2) is 0 Å². The molecule has 72 valence electrons. The number of hydrogen-bond donors (Lipinski definition) is 0. The van der Waals surface area contributed by atoms with Crippen LogP contribution in [-0.2, 0) is 11.3 Å². The maximum atomic E-state index is 5.04. The van der Waals surface area contributed by atoms with Crippen molar-refractivity contribution in [2.24, 2.45) is 0 Å². The van der Waals surface area contributed by atoms with Gasteiger partial charge in [0.2, 0.25) is 0 Å². The molecule has 0 bridgehead atoms. The summed E-state index contributed by atoms with van der Waals surface area (Å²) in [6, 6.07) is 8.54. The average Bonchev–Trinajstić information content (AvgIpc) is 2.08. The second kappa shape index (κ2) is 5.30. The quantitative estimate of drug-likeness (QED) is 0.683. The molecule has 1 rings (SSSR count). The van der Waals surface area contributed by atoms with Crippen molar-refractivity contribution in [3.8, 4) is 0 Å². The molecule has 1 aromatic carbocycles. The first-order chi connectivity index (χ1) is 6.22. The first-order valence-corrected chi connectivity index (χ1v) is 5.35. The van der Waals surface area contributed by atoms with Gasteiger partial charge >= 0.3 is 0 Å². The Balaban J connectivity index is 2.59. The average molecular weight is 196 g/mol. The molecule has 13 heavy (non-hydrogen) atoms. The van der Waals surface area contributed by atoms with Crippen LogP contribution in [0.3, 0.4) is 0 Å². The molecule has 1 aromatic rings. The van der Waals surface area contributed by atoms with Crippen molar-refractivity contribution in [3.63, 3.8) is 0 Å². The number of ether oxygens (including phenoxy) is 1. The van der Waals surface area contributed by atoms with Crippen molar-refractivity contribution in [1.82, 2.24) is 0 Å². The van der Waals surface area contributed by atoms with E-state index in [9.17, 15) is 0 Å². The lowest BCUT2D eigenvalue weighted by Gasteiger charge is -2.05. The van der Waals surface area contributed by atoms with E-state index in [-0.39, 0.29) is 0 Å². The van der Waals surface area contributed by atoms with Crippen molar-refractivity contribution >= 4 is 11.8 Å². The molecule has 2 heteroatoms. The minimum absolute atomic E-state index is 0.647. The molecule has 0 aromatic heterocycles. The number of hydrogen-bond acceptors (Lipinski definition) is 2. The third-order valence-corrected chi connectivity index (χ3v) is 2.62. The Bertz CT molecular complexity index is 241. The second-order valence-electron chi connectivity index (χ2n) is 3.24. The van der Waals surface area contributed by atoms with Gasteiger partial charge in [-0.3, -0.25) is 0 Å². The largest absolute Gasteiger partial charge is 0.380 e. The summed E-state index contributed by atoms with van der Waals surface area (Å²) in [5.74, 6) is 0.